The van der Waals surface area contributed by atoms with Crippen molar-refractivity contribution in [1.29, 1.82) is 0 Å². The Bertz CT molecular complexity index is 465. The molecule has 0 radical (unpaired) electrons. The number of rotatable bonds is 4. The van der Waals surface area contributed by atoms with Gasteiger partial charge >= 0.3 is 5.82 Å². The standard InChI is InChI=1S/C12H18N4O3/c1-2-15(9-5-7-13-8-6-9)12(17)10-3-4-11(14-10)16(18)19/h3-4,9,13-14H,2,5-8H2,1H3. The van der Waals surface area contributed by atoms with E-state index < -0.39 is 4.92 Å². The number of carbonyl (C=O) groups is 1. The molecule has 1 saturated heterocycles. The van der Waals surface area contributed by atoms with E-state index in [1.807, 2.05) is 6.92 Å². The Hall–Kier alpha value is -1.89. The minimum atomic E-state index is -0.530. The van der Waals surface area contributed by atoms with Crippen LogP contribution in [0.15, 0.2) is 12.1 Å². The van der Waals surface area contributed by atoms with Crippen molar-refractivity contribution in [1.82, 2.24) is 15.2 Å². The Labute approximate surface area is 111 Å². The molecule has 2 heterocycles. The fraction of sp³-hybridized carbons (Fsp3) is 0.583. The summed E-state index contributed by atoms with van der Waals surface area (Å²) < 4.78 is 0. The Balaban J connectivity index is 2.12. The Kier molecular flexibility index (Phi) is 4.16. The lowest BCUT2D eigenvalue weighted by molar-refractivity contribution is -0.389. The summed E-state index contributed by atoms with van der Waals surface area (Å²) in [5, 5.41) is 13.9. The number of piperidine rings is 1. The van der Waals surface area contributed by atoms with Crippen LogP contribution in [0, 0.1) is 10.1 Å². The molecule has 1 fully saturated rings. The second kappa shape index (κ2) is 5.83. The number of amides is 1. The van der Waals surface area contributed by atoms with Gasteiger partial charge < -0.3 is 20.3 Å². The molecule has 1 aliphatic rings. The number of hydrogen-bond acceptors (Lipinski definition) is 4. The zero-order valence-electron chi connectivity index (χ0n) is 10.9. The van der Waals surface area contributed by atoms with Crippen LogP contribution < -0.4 is 5.32 Å². The predicted octanol–water partition coefficient (Wildman–Crippen LogP) is 1.14. The van der Waals surface area contributed by atoms with Gasteiger partial charge in [0.1, 0.15) is 0 Å². The molecular weight excluding hydrogens is 248 g/mol. The quantitative estimate of drug-likeness (QED) is 0.631. The monoisotopic (exact) mass is 266 g/mol. The number of hydrogen-bond donors (Lipinski definition) is 2. The first-order chi connectivity index (χ1) is 9.13. The van der Waals surface area contributed by atoms with Gasteiger partial charge in [0.05, 0.1) is 0 Å². The summed E-state index contributed by atoms with van der Waals surface area (Å²) >= 11 is 0. The summed E-state index contributed by atoms with van der Waals surface area (Å²) in [6.07, 6.45) is 1.84. The largest absolute Gasteiger partial charge is 0.358 e. The van der Waals surface area contributed by atoms with Gasteiger partial charge in [0.15, 0.2) is 5.69 Å². The summed E-state index contributed by atoms with van der Waals surface area (Å²) in [4.78, 5) is 26.8. The number of nitrogens with zero attached hydrogens (tertiary/aromatic N) is 2. The minimum Gasteiger partial charge on any atom is -0.358 e. The zero-order valence-corrected chi connectivity index (χ0v) is 10.9. The number of nitrogens with one attached hydrogen (secondary N) is 2. The van der Waals surface area contributed by atoms with Crippen LogP contribution in [0.3, 0.4) is 0 Å². The van der Waals surface area contributed by atoms with Crippen LogP contribution in [0.4, 0.5) is 5.82 Å². The van der Waals surface area contributed by atoms with E-state index in [0.29, 0.717) is 6.54 Å². The molecule has 2 N–H and O–H groups in total. The molecule has 0 unspecified atom stereocenters. The van der Waals surface area contributed by atoms with E-state index in [1.54, 1.807) is 4.90 Å². The number of carbonyl (C=O) groups excluding carboxylic acids is 1. The van der Waals surface area contributed by atoms with Crippen molar-refractivity contribution < 1.29 is 9.72 Å². The molecule has 0 atom stereocenters. The van der Waals surface area contributed by atoms with Crippen LogP contribution >= 0.6 is 0 Å². The molecule has 1 aliphatic heterocycles. The third-order valence-corrected chi connectivity index (χ3v) is 3.45. The summed E-state index contributed by atoms with van der Waals surface area (Å²) in [6.45, 7) is 4.34. The highest BCUT2D eigenvalue weighted by atomic mass is 16.6. The van der Waals surface area contributed by atoms with E-state index in [-0.39, 0.29) is 23.5 Å². The molecule has 2 rings (SSSR count). The van der Waals surface area contributed by atoms with Crippen LogP contribution in [-0.2, 0) is 0 Å². The van der Waals surface area contributed by atoms with Crippen molar-refractivity contribution in [3.8, 4) is 0 Å². The SMILES string of the molecule is CCN(C(=O)c1ccc([N+](=O)[O-])[nH]1)C1CCNCC1. The molecule has 7 heteroatoms. The van der Waals surface area contributed by atoms with E-state index >= 15 is 0 Å². The number of aromatic nitrogens is 1. The van der Waals surface area contributed by atoms with Crippen molar-refractivity contribution in [3.63, 3.8) is 0 Å². The topological polar surface area (TPSA) is 91.3 Å². The summed E-state index contributed by atoms with van der Waals surface area (Å²) in [7, 11) is 0. The van der Waals surface area contributed by atoms with Crippen LogP contribution in [0.25, 0.3) is 0 Å². The summed E-state index contributed by atoms with van der Waals surface area (Å²) in [5.41, 5.74) is 0.284. The Morgan fingerprint density at radius 1 is 1.47 bits per heavy atom. The molecule has 0 spiro atoms. The summed E-state index contributed by atoms with van der Waals surface area (Å²) in [5.74, 6) is -0.313. The first kappa shape index (κ1) is 13.5. The van der Waals surface area contributed by atoms with Crippen LogP contribution in [0.5, 0.6) is 0 Å². The lowest BCUT2D eigenvalue weighted by Gasteiger charge is -2.33. The molecule has 1 aromatic rings. The molecule has 19 heavy (non-hydrogen) atoms. The zero-order chi connectivity index (χ0) is 13.8. The fourth-order valence-corrected chi connectivity index (χ4v) is 2.46. The van der Waals surface area contributed by atoms with Gasteiger partial charge in [-0.05, 0) is 43.8 Å². The van der Waals surface area contributed by atoms with Gasteiger partial charge in [-0.25, -0.2) is 4.98 Å². The average molecular weight is 266 g/mol. The molecule has 1 amide bonds. The van der Waals surface area contributed by atoms with Gasteiger partial charge in [-0.15, -0.1) is 0 Å². The van der Waals surface area contributed by atoms with E-state index in [0.717, 1.165) is 25.9 Å². The molecule has 1 aromatic heterocycles. The Morgan fingerprint density at radius 2 is 2.16 bits per heavy atom. The highest BCUT2D eigenvalue weighted by Crippen LogP contribution is 2.17. The van der Waals surface area contributed by atoms with Crippen LogP contribution in [0.1, 0.15) is 30.3 Å². The third-order valence-electron chi connectivity index (χ3n) is 3.45. The van der Waals surface area contributed by atoms with Gasteiger partial charge in [0, 0.05) is 18.7 Å². The van der Waals surface area contributed by atoms with Crippen LogP contribution in [-0.4, -0.2) is 46.4 Å². The van der Waals surface area contributed by atoms with E-state index in [4.69, 9.17) is 0 Å². The maximum atomic E-state index is 12.4. The van der Waals surface area contributed by atoms with E-state index in [1.165, 1.54) is 12.1 Å². The predicted molar refractivity (Wildman–Crippen MR) is 70.0 cm³/mol. The average Bonchev–Trinajstić information content (AvgIpc) is 2.90. The lowest BCUT2D eigenvalue weighted by Crippen LogP contribution is -2.46. The van der Waals surface area contributed by atoms with Crippen molar-refractivity contribution in [2.24, 2.45) is 0 Å². The molecular formula is C12H18N4O3. The van der Waals surface area contributed by atoms with Crippen molar-refractivity contribution in [3.05, 3.63) is 27.9 Å². The second-order valence-electron chi connectivity index (χ2n) is 4.59. The highest BCUT2D eigenvalue weighted by Gasteiger charge is 2.27. The lowest BCUT2D eigenvalue weighted by atomic mass is 10.0. The first-order valence-electron chi connectivity index (χ1n) is 6.48. The number of aromatic amines is 1. The van der Waals surface area contributed by atoms with Crippen LogP contribution in [0.2, 0.25) is 0 Å². The van der Waals surface area contributed by atoms with Gasteiger partial charge in [-0.1, -0.05) is 0 Å². The fourth-order valence-electron chi connectivity index (χ4n) is 2.46. The van der Waals surface area contributed by atoms with Crippen molar-refractivity contribution in [2.75, 3.05) is 19.6 Å². The first-order valence-corrected chi connectivity index (χ1v) is 6.48. The molecule has 104 valence electrons. The Morgan fingerprint density at radius 3 is 2.68 bits per heavy atom. The van der Waals surface area contributed by atoms with Gasteiger partial charge in [0.25, 0.3) is 5.91 Å². The van der Waals surface area contributed by atoms with E-state index in [2.05, 4.69) is 10.3 Å². The maximum absolute atomic E-state index is 12.4. The normalized spacial score (nSPS) is 16.3. The van der Waals surface area contributed by atoms with Gasteiger partial charge in [-0.3, -0.25) is 4.79 Å². The molecule has 0 aliphatic carbocycles. The van der Waals surface area contributed by atoms with Crippen molar-refractivity contribution >= 4 is 11.7 Å². The van der Waals surface area contributed by atoms with E-state index in [9.17, 15) is 14.9 Å². The second-order valence-corrected chi connectivity index (χ2v) is 4.59. The molecule has 0 bridgehead atoms. The number of H-pyrrole nitrogens is 1. The minimum absolute atomic E-state index is 0.148. The molecule has 7 nitrogen and oxygen atoms in total. The summed E-state index contributed by atoms with van der Waals surface area (Å²) in [6, 6.07) is 3.01. The third kappa shape index (κ3) is 2.93. The maximum Gasteiger partial charge on any atom is 0.321 e. The van der Waals surface area contributed by atoms with Gasteiger partial charge in [0.2, 0.25) is 0 Å². The molecule has 0 saturated carbocycles. The van der Waals surface area contributed by atoms with Gasteiger partial charge in [-0.2, -0.15) is 0 Å². The van der Waals surface area contributed by atoms with Crippen molar-refractivity contribution in [2.45, 2.75) is 25.8 Å². The molecule has 0 aromatic carbocycles. The number of nitro groups is 1. The highest BCUT2D eigenvalue weighted by molar-refractivity contribution is 5.93. The smallest absolute Gasteiger partial charge is 0.321 e.